The van der Waals surface area contributed by atoms with Crippen molar-refractivity contribution in [2.24, 2.45) is 0 Å². The van der Waals surface area contributed by atoms with Crippen molar-refractivity contribution < 1.29 is 18.0 Å². The summed E-state index contributed by atoms with van der Waals surface area (Å²) < 4.78 is 29.9. The minimum atomic E-state index is -4.09. The summed E-state index contributed by atoms with van der Waals surface area (Å²) in [6.07, 6.45) is 0.745. The number of aryl methyl sites for hydroxylation is 1. The van der Waals surface area contributed by atoms with E-state index in [1.165, 1.54) is 17.0 Å². The van der Waals surface area contributed by atoms with Gasteiger partial charge in [-0.3, -0.25) is 13.9 Å². The zero-order valence-corrected chi connectivity index (χ0v) is 25.4. The molecule has 0 aliphatic rings. The van der Waals surface area contributed by atoms with Crippen LogP contribution in [-0.2, 0) is 26.2 Å². The van der Waals surface area contributed by atoms with Gasteiger partial charge in [0.25, 0.3) is 10.0 Å². The topological polar surface area (TPSA) is 86.8 Å². The molecule has 0 aliphatic carbocycles. The molecule has 0 saturated carbocycles. The maximum absolute atomic E-state index is 14.0. The second-order valence-electron chi connectivity index (χ2n) is 9.69. The van der Waals surface area contributed by atoms with Gasteiger partial charge in [-0.05, 0) is 81.1 Å². The summed E-state index contributed by atoms with van der Waals surface area (Å²) in [4.78, 5) is 28.7. The summed E-state index contributed by atoms with van der Waals surface area (Å²) in [5.41, 5.74) is 2.90. The molecule has 0 saturated heterocycles. The van der Waals surface area contributed by atoms with Gasteiger partial charge in [-0.1, -0.05) is 65.3 Å². The van der Waals surface area contributed by atoms with Crippen LogP contribution in [0.4, 0.5) is 5.69 Å². The summed E-state index contributed by atoms with van der Waals surface area (Å²) in [5.74, 6) is -0.774. The van der Waals surface area contributed by atoms with Gasteiger partial charge in [-0.25, -0.2) is 8.42 Å². The summed E-state index contributed by atoms with van der Waals surface area (Å²) in [6, 6.07) is 20.0. The Kier molecular flexibility index (Phi) is 10.3. The van der Waals surface area contributed by atoms with Gasteiger partial charge in [-0.15, -0.1) is 0 Å². The molecule has 0 aromatic heterocycles. The Labute approximate surface area is 240 Å². The number of carbonyl (C=O) groups is 2. The van der Waals surface area contributed by atoms with E-state index in [0.717, 1.165) is 31.9 Å². The van der Waals surface area contributed by atoms with E-state index in [2.05, 4.69) is 21.2 Å². The van der Waals surface area contributed by atoms with Gasteiger partial charge in [0.05, 0.1) is 10.6 Å². The van der Waals surface area contributed by atoms with Crippen LogP contribution in [-0.4, -0.2) is 43.8 Å². The number of hydrogen-bond acceptors (Lipinski definition) is 4. The van der Waals surface area contributed by atoms with Crippen molar-refractivity contribution >= 4 is 43.5 Å². The first kappa shape index (κ1) is 30.4. The van der Waals surface area contributed by atoms with Crippen molar-refractivity contribution in [2.75, 3.05) is 10.8 Å². The molecule has 0 aliphatic heterocycles. The van der Waals surface area contributed by atoms with Crippen LogP contribution >= 0.6 is 15.9 Å². The lowest BCUT2D eigenvalue weighted by Crippen LogP contribution is -2.52. The Bertz CT molecular complexity index is 1400. The van der Waals surface area contributed by atoms with E-state index in [-0.39, 0.29) is 23.4 Å². The van der Waals surface area contributed by atoms with Gasteiger partial charge in [0.15, 0.2) is 0 Å². The average molecular weight is 615 g/mol. The molecule has 0 spiro atoms. The highest BCUT2D eigenvalue weighted by atomic mass is 79.9. The van der Waals surface area contributed by atoms with Crippen molar-refractivity contribution in [1.29, 1.82) is 0 Å². The molecule has 0 heterocycles. The van der Waals surface area contributed by atoms with Crippen LogP contribution in [0.15, 0.2) is 82.2 Å². The molecular formula is C30H36BrN3O4S. The maximum atomic E-state index is 14.0. The van der Waals surface area contributed by atoms with Crippen molar-refractivity contribution in [2.45, 2.75) is 64.6 Å². The molecule has 9 heteroatoms. The Balaban J connectivity index is 2.05. The molecule has 0 radical (unpaired) electrons. The number of halogens is 1. The molecule has 0 bridgehead atoms. The van der Waals surface area contributed by atoms with Crippen molar-refractivity contribution in [3.8, 4) is 0 Å². The summed E-state index contributed by atoms with van der Waals surface area (Å²) in [7, 11) is -4.09. The van der Waals surface area contributed by atoms with E-state index >= 15 is 0 Å². The number of rotatable bonds is 11. The molecule has 39 heavy (non-hydrogen) atoms. The third kappa shape index (κ3) is 7.48. The first-order valence-corrected chi connectivity index (χ1v) is 15.2. The number of nitrogens with zero attached hydrogens (tertiary/aromatic N) is 2. The molecule has 3 aromatic rings. The molecule has 0 unspecified atom stereocenters. The second-order valence-corrected chi connectivity index (χ2v) is 12.5. The molecule has 7 nitrogen and oxygen atoms in total. The SMILES string of the molecule is CC[C@H](C)NC(=O)[C@@H](C)N(Cc1ccc(Br)cc1)C(=O)CN(c1cccc(C)c1C)S(=O)(=O)c1ccccc1. The predicted octanol–water partition coefficient (Wildman–Crippen LogP) is 5.59. The van der Waals surface area contributed by atoms with E-state index in [4.69, 9.17) is 0 Å². The van der Waals surface area contributed by atoms with Gasteiger partial charge in [0.1, 0.15) is 12.6 Å². The monoisotopic (exact) mass is 613 g/mol. The largest absolute Gasteiger partial charge is 0.352 e. The molecule has 2 atom stereocenters. The molecular weight excluding hydrogens is 578 g/mol. The molecule has 1 N–H and O–H groups in total. The lowest BCUT2D eigenvalue weighted by molar-refractivity contribution is -0.139. The van der Waals surface area contributed by atoms with Gasteiger partial charge in [0.2, 0.25) is 11.8 Å². The minimum Gasteiger partial charge on any atom is -0.352 e. The molecule has 208 valence electrons. The minimum absolute atomic E-state index is 0.0607. The fourth-order valence-corrected chi connectivity index (χ4v) is 5.83. The normalized spacial score (nSPS) is 12.9. The van der Waals surface area contributed by atoms with E-state index in [0.29, 0.717) is 5.69 Å². The zero-order valence-electron chi connectivity index (χ0n) is 23.0. The molecule has 3 aromatic carbocycles. The zero-order chi connectivity index (χ0) is 28.7. The number of anilines is 1. The van der Waals surface area contributed by atoms with Gasteiger partial charge in [-0.2, -0.15) is 0 Å². The Morgan fingerprint density at radius 1 is 0.923 bits per heavy atom. The fourth-order valence-electron chi connectivity index (χ4n) is 4.07. The summed E-state index contributed by atoms with van der Waals surface area (Å²) in [6.45, 7) is 8.96. The highest BCUT2D eigenvalue weighted by molar-refractivity contribution is 9.10. The lowest BCUT2D eigenvalue weighted by atomic mass is 10.1. The predicted molar refractivity (Wildman–Crippen MR) is 159 cm³/mol. The number of carbonyl (C=O) groups excluding carboxylic acids is 2. The van der Waals surface area contributed by atoms with Crippen LogP contribution in [0.1, 0.15) is 43.9 Å². The number of hydrogen-bond donors (Lipinski definition) is 1. The highest BCUT2D eigenvalue weighted by Gasteiger charge is 2.33. The summed E-state index contributed by atoms with van der Waals surface area (Å²) in [5, 5.41) is 2.95. The van der Waals surface area contributed by atoms with Gasteiger partial charge in [0, 0.05) is 17.1 Å². The first-order chi connectivity index (χ1) is 18.4. The average Bonchev–Trinajstić information content (AvgIpc) is 2.92. The van der Waals surface area contributed by atoms with Crippen LogP contribution in [0.2, 0.25) is 0 Å². The summed E-state index contributed by atoms with van der Waals surface area (Å²) >= 11 is 3.42. The molecule has 3 rings (SSSR count). The standard InChI is InChI=1S/C30H36BrN3O4S/c1-6-22(3)32-30(36)24(5)33(19-25-15-17-26(31)18-16-25)29(35)20-34(28-14-10-11-21(2)23(28)4)39(37,38)27-12-8-7-9-13-27/h7-18,22,24H,6,19-20H2,1-5H3,(H,32,36)/t22-,24+/m0/s1. The Hall–Kier alpha value is -3.17. The number of nitrogens with one attached hydrogen (secondary N) is 1. The van der Waals surface area contributed by atoms with Crippen LogP contribution < -0.4 is 9.62 Å². The fraction of sp³-hybridized carbons (Fsp3) is 0.333. The smallest absolute Gasteiger partial charge is 0.264 e. The highest BCUT2D eigenvalue weighted by Crippen LogP contribution is 2.29. The molecule has 2 amide bonds. The van der Waals surface area contributed by atoms with Crippen LogP contribution in [0, 0.1) is 13.8 Å². The first-order valence-electron chi connectivity index (χ1n) is 12.9. The van der Waals surface area contributed by atoms with Gasteiger partial charge < -0.3 is 10.2 Å². The number of benzene rings is 3. The van der Waals surface area contributed by atoms with Crippen molar-refractivity contribution in [3.63, 3.8) is 0 Å². The van der Waals surface area contributed by atoms with E-state index in [1.54, 1.807) is 37.3 Å². The Morgan fingerprint density at radius 3 is 2.18 bits per heavy atom. The van der Waals surface area contributed by atoms with Crippen LogP contribution in [0.25, 0.3) is 0 Å². The maximum Gasteiger partial charge on any atom is 0.264 e. The van der Waals surface area contributed by atoms with E-state index in [9.17, 15) is 18.0 Å². The van der Waals surface area contributed by atoms with Crippen molar-refractivity contribution in [1.82, 2.24) is 10.2 Å². The van der Waals surface area contributed by atoms with Crippen LogP contribution in [0.3, 0.4) is 0 Å². The van der Waals surface area contributed by atoms with Gasteiger partial charge >= 0.3 is 0 Å². The third-order valence-corrected chi connectivity index (χ3v) is 9.19. The number of amides is 2. The van der Waals surface area contributed by atoms with E-state index in [1.807, 2.05) is 58.0 Å². The molecule has 0 fully saturated rings. The second kappa shape index (κ2) is 13.3. The third-order valence-electron chi connectivity index (χ3n) is 6.89. The quantitative estimate of drug-likeness (QED) is 0.305. The lowest BCUT2D eigenvalue weighted by Gasteiger charge is -2.33. The number of sulfonamides is 1. The Morgan fingerprint density at radius 2 is 1.56 bits per heavy atom. The van der Waals surface area contributed by atoms with Crippen LogP contribution in [0.5, 0.6) is 0 Å². The van der Waals surface area contributed by atoms with Crippen molar-refractivity contribution in [3.05, 3.63) is 94.0 Å². The van der Waals surface area contributed by atoms with E-state index < -0.39 is 28.5 Å².